The van der Waals surface area contributed by atoms with Crippen LogP contribution in [-0.2, 0) is 13.1 Å². The average molecular weight is 482 g/mol. The molecular formula is C23H21BrFN5O. The van der Waals surface area contributed by atoms with Crippen molar-refractivity contribution in [1.29, 1.82) is 0 Å². The highest BCUT2D eigenvalue weighted by Gasteiger charge is 2.11. The number of nitrogens with one attached hydrogen (secondary N) is 1. The number of benzene rings is 2. The summed E-state index contributed by atoms with van der Waals surface area (Å²) in [4.78, 5) is 12.6. The first-order valence-electron chi connectivity index (χ1n) is 9.76. The molecule has 0 bridgehead atoms. The van der Waals surface area contributed by atoms with Crippen molar-refractivity contribution in [2.24, 2.45) is 0 Å². The van der Waals surface area contributed by atoms with Crippen LogP contribution in [0.5, 0.6) is 0 Å². The number of carbonyl (C=O) groups excluding carboxylic acids is 1. The zero-order valence-electron chi connectivity index (χ0n) is 17.1. The lowest BCUT2D eigenvalue weighted by Crippen LogP contribution is -2.12. The first-order valence-corrected chi connectivity index (χ1v) is 10.6. The van der Waals surface area contributed by atoms with Crippen molar-refractivity contribution >= 4 is 27.5 Å². The van der Waals surface area contributed by atoms with Gasteiger partial charge in [-0.3, -0.25) is 14.2 Å². The SMILES string of the molecule is Cc1nn(Cc2ccc(C(=O)Nc3cnn(Cc4ccccc4F)c3)cc2)c(C)c1Br. The molecule has 0 saturated heterocycles. The molecule has 0 aliphatic heterocycles. The number of aromatic nitrogens is 4. The predicted molar refractivity (Wildman–Crippen MR) is 121 cm³/mol. The molecule has 0 unspecified atom stereocenters. The van der Waals surface area contributed by atoms with Crippen LogP contribution < -0.4 is 5.32 Å². The van der Waals surface area contributed by atoms with E-state index in [0.717, 1.165) is 21.4 Å². The van der Waals surface area contributed by atoms with E-state index in [1.54, 1.807) is 47.4 Å². The lowest BCUT2D eigenvalue weighted by Gasteiger charge is -2.07. The normalized spacial score (nSPS) is 11.0. The molecule has 158 valence electrons. The summed E-state index contributed by atoms with van der Waals surface area (Å²) in [5, 5.41) is 11.5. The van der Waals surface area contributed by atoms with Crippen LogP contribution in [-0.4, -0.2) is 25.5 Å². The van der Waals surface area contributed by atoms with Crippen LogP contribution in [0, 0.1) is 19.7 Å². The number of carbonyl (C=O) groups is 1. The minimum absolute atomic E-state index is 0.231. The van der Waals surface area contributed by atoms with E-state index >= 15 is 0 Å². The standard InChI is InChI=1S/C23H21BrFN5O/c1-15-22(24)16(2)30(28-15)12-17-7-9-18(10-8-17)23(31)27-20-11-26-29(14-20)13-19-5-3-4-6-21(19)25/h3-11,14H,12-13H2,1-2H3,(H,27,31). The van der Waals surface area contributed by atoms with Crippen LogP contribution in [0.3, 0.4) is 0 Å². The lowest BCUT2D eigenvalue weighted by atomic mass is 10.1. The van der Waals surface area contributed by atoms with Crippen molar-refractivity contribution in [2.45, 2.75) is 26.9 Å². The molecule has 0 fully saturated rings. The maximum atomic E-state index is 13.8. The quantitative estimate of drug-likeness (QED) is 0.423. The highest BCUT2D eigenvalue weighted by Crippen LogP contribution is 2.21. The Bertz CT molecular complexity index is 1230. The van der Waals surface area contributed by atoms with Gasteiger partial charge >= 0.3 is 0 Å². The third kappa shape index (κ3) is 4.74. The van der Waals surface area contributed by atoms with E-state index in [1.165, 1.54) is 6.07 Å². The molecule has 1 amide bonds. The molecule has 0 atom stereocenters. The molecule has 2 aromatic carbocycles. The van der Waals surface area contributed by atoms with Gasteiger partial charge in [-0.1, -0.05) is 30.3 Å². The number of hydrogen-bond donors (Lipinski definition) is 1. The first-order chi connectivity index (χ1) is 14.9. The number of amides is 1. The Morgan fingerprint density at radius 1 is 1.10 bits per heavy atom. The highest BCUT2D eigenvalue weighted by molar-refractivity contribution is 9.10. The van der Waals surface area contributed by atoms with Gasteiger partial charge in [0.1, 0.15) is 5.82 Å². The fourth-order valence-electron chi connectivity index (χ4n) is 3.28. The maximum Gasteiger partial charge on any atom is 0.255 e. The van der Waals surface area contributed by atoms with Gasteiger partial charge in [-0.2, -0.15) is 10.2 Å². The van der Waals surface area contributed by atoms with Crippen LogP contribution in [0.15, 0.2) is 65.4 Å². The van der Waals surface area contributed by atoms with Crippen LogP contribution in [0.2, 0.25) is 0 Å². The Balaban J connectivity index is 1.39. The molecule has 4 aromatic rings. The van der Waals surface area contributed by atoms with Gasteiger partial charge in [-0.15, -0.1) is 0 Å². The summed E-state index contributed by atoms with van der Waals surface area (Å²) < 4.78 is 18.3. The summed E-state index contributed by atoms with van der Waals surface area (Å²) in [5.74, 6) is -0.512. The van der Waals surface area contributed by atoms with Crippen LogP contribution >= 0.6 is 15.9 Å². The average Bonchev–Trinajstić information content (AvgIpc) is 3.29. The van der Waals surface area contributed by atoms with Gasteiger partial charge in [0, 0.05) is 17.3 Å². The Kier molecular flexibility index (Phi) is 5.99. The van der Waals surface area contributed by atoms with Gasteiger partial charge < -0.3 is 5.32 Å². The summed E-state index contributed by atoms with van der Waals surface area (Å²) in [6, 6.07) is 14.0. The smallest absolute Gasteiger partial charge is 0.255 e. The van der Waals surface area contributed by atoms with Gasteiger partial charge in [0.15, 0.2) is 0 Å². The van der Waals surface area contributed by atoms with Crippen molar-refractivity contribution in [3.8, 4) is 0 Å². The Morgan fingerprint density at radius 3 is 2.52 bits per heavy atom. The number of anilines is 1. The Labute approximate surface area is 187 Å². The molecule has 6 nitrogen and oxygen atoms in total. The molecule has 31 heavy (non-hydrogen) atoms. The number of hydrogen-bond acceptors (Lipinski definition) is 3. The van der Waals surface area contributed by atoms with E-state index in [2.05, 4.69) is 31.4 Å². The Hall–Kier alpha value is -3.26. The van der Waals surface area contributed by atoms with Crippen molar-refractivity contribution in [3.05, 3.63) is 99.3 Å². The monoisotopic (exact) mass is 481 g/mol. The molecule has 1 N–H and O–H groups in total. The van der Waals surface area contributed by atoms with E-state index in [1.807, 2.05) is 30.7 Å². The second kappa shape index (κ2) is 8.85. The summed E-state index contributed by atoms with van der Waals surface area (Å²) in [7, 11) is 0. The summed E-state index contributed by atoms with van der Waals surface area (Å²) >= 11 is 3.54. The molecule has 0 saturated carbocycles. The van der Waals surface area contributed by atoms with Gasteiger partial charge in [0.25, 0.3) is 5.91 Å². The Morgan fingerprint density at radius 2 is 1.84 bits per heavy atom. The zero-order chi connectivity index (χ0) is 22.0. The maximum absolute atomic E-state index is 13.8. The molecule has 0 aliphatic carbocycles. The minimum Gasteiger partial charge on any atom is -0.319 e. The van der Waals surface area contributed by atoms with E-state index in [-0.39, 0.29) is 11.7 Å². The van der Waals surface area contributed by atoms with Gasteiger partial charge in [0.2, 0.25) is 0 Å². The topological polar surface area (TPSA) is 64.7 Å². The second-order valence-electron chi connectivity index (χ2n) is 7.31. The third-order valence-corrected chi connectivity index (χ3v) is 6.17. The minimum atomic E-state index is -0.281. The van der Waals surface area contributed by atoms with Crippen LogP contribution in [0.4, 0.5) is 10.1 Å². The third-order valence-electron chi connectivity index (χ3n) is 5.02. The lowest BCUT2D eigenvalue weighted by molar-refractivity contribution is 0.102. The fraction of sp³-hybridized carbons (Fsp3) is 0.174. The zero-order valence-corrected chi connectivity index (χ0v) is 18.7. The molecule has 0 spiro atoms. The molecule has 0 aliphatic rings. The van der Waals surface area contributed by atoms with Crippen molar-refractivity contribution < 1.29 is 9.18 Å². The summed E-state index contributed by atoms with van der Waals surface area (Å²) in [6.45, 7) is 4.89. The molecule has 2 aromatic heterocycles. The number of aryl methyl sites for hydroxylation is 1. The number of nitrogens with zero attached hydrogens (tertiary/aromatic N) is 4. The predicted octanol–water partition coefficient (Wildman–Crippen LogP) is 4.95. The summed E-state index contributed by atoms with van der Waals surface area (Å²) in [5.41, 5.74) is 4.69. The van der Waals surface area contributed by atoms with E-state index in [0.29, 0.717) is 29.9 Å². The molecule has 2 heterocycles. The van der Waals surface area contributed by atoms with Crippen molar-refractivity contribution in [2.75, 3.05) is 5.32 Å². The summed E-state index contributed by atoms with van der Waals surface area (Å²) in [6.07, 6.45) is 3.23. The number of halogens is 2. The van der Waals surface area contributed by atoms with E-state index in [4.69, 9.17) is 0 Å². The van der Waals surface area contributed by atoms with Crippen LogP contribution in [0.25, 0.3) is 0 Å². The van der Waals surface area contributed by atoms with Gasteiger partial charge in [-0.05, 0) is 53.5 Å². The van der Waals surface area contributed by atoms with Gasteiger partial charge in [0.05, 0.1) is 40.8 Å². The van der Waals surface area contributed by atoms with E-state index in [9.17, 15) is 9.18 Å². The number of rotatable bonds is 6. The largest absolute Gasteiger partial charge is 0.319 e. The molecular weight excluding hydrogens is 461 g/mol. The first kappa shape index (κ1) is 21.0. The molecule has 0 radical (unpaired) electrons. The molecule has 4 rings (SSSR count). The highest BCUT2D eigenvalue weighted by atomic mass is 79.9. The molecule has 8 heteroatoms. The van der Waals surface area contributed by atoms with E-state index < -0.39 is 0 Å². The second-order valence-corrected chi connectivity index (χ2v) is 8.10. The fourth-order valence-corrected chi connectivity index (χ4v) is 3.57. The van der Waals surface area contributed by atoms with Crippen molar-refractivity contribution in [3.63, 3.8) is 0 Å². The van der Waals surface area contributed by atoms with Crippen LogP contribution in [0.1, 0.15) is 32.9 Å². The van der Waals surface area contributed by atoms with Gasteiger partial charge in [-0.25, -0.2) is 4.39 Å². The van der Waals surface area contributed by atoms with Crippen molar-refractivity contribution in [1.82, 2.24) is 19.6 Å².